The van der Waals surface area contributed by atoms with Gasteiger partial charge in [0.1, 0.15) is 0 Å². The molecule has 2 heteroatoms. The van der Waals surface area contributed by atoms with Gasteiger partial charge in [-0.25, -0.2) is 0 Å². The lowest BCUT2D eigenvalue weighted by atomic mass is 10.0. The standard InChI is InChI=1S/C16H16BrCl/c1-3-12-7-9-13(10-8-12)16(18)14-6-4-5-11(2)15(14)17/h4-10,16H,3H2,1-2H3. The van der Waals surface area contributed by atoms with E-state index < -0.39 is 0 Å². The van der Waals surface area contributed by atoms with Crippen molar-refractivity contribution >= 4 is 27.5 Å². The lowest BCUT2D eigenvalue weighted by Crippen LogP contribution is -1.96. The maximum atomic E-state index is 6.57. The summed E-state index contributed by atoms with van der Waals surface area (Å²) in [7, 11) is 0. The molecule has 0 radical (unpaired) electrons. The fourth-order valence-corrected chi connectivity index (χ4v) is 2.92. The molecule has 0 bridgehead atoms. The van der Waals surface area contributed by atoms with Crippen molar-refractivity contribution in [1.29, 1.82) is 0 Å². The van der Waals surface area contributed by atoms with E-state index in [1.54, 1.807) is 0 Å². The molecule has 0 aliphatic heterocycles. The SMILES string of the molecule is CCc1ccc(C(Cl)c2cccc(C)c2Br)cc1. The normalized spacial score (nSPS) is 12.4. The molecule has 0 aliphatic rings. The first-order valence-electron chi connectivity index (χ1n) is 6.11. The summed E-state index contributed by atoms with van der Waals surface area (Å²) in [4.78, 5) is 0. The number of hydrogen-bond acceptors (Lipinski definition) is 0. The topological polar surface area (TPSA) is 0 Å². The Balaban J connectivity index is 2.35. The number of aryl methyl sites for hydroxylation is 2. The summed E-state index contributed by atoms with van der Waals surface area (Å²) in [6, 6.07) is 14.7. The van der Waals surface area contributed by atoms with Gasteiger partial charge in [-0.05, 0) is 35.6 Å². The predicted molar refractivity (Wildman–Crippen MR) is 82.4 cm³/mol. The van der Waals surface area contributed by atoms with Crippen LogP contribution in [0.2, 0.25) is 0 Å². The number of rotatable bonds is 3. The van der Waals surface area contributed by atoms with E-state index in [0.717, 1.165) is 22.0 Å². The van der Waals surface area contributed by atoms with Gasteiger partial charge in [-0.3, -0.25) is 0 Å². The molecule has 0 amide bonds. The van der Waals surface area contributed by atoms with Gasteiger partial charge in [0.15, 0.2) is 0 Å². The molecule has 0 saturated carbocycles. The van der Waals surface area contributed by atoms with Crippen molar-refractivity contribution in [1.82, 2.24) is 0 Å². The fraction of sp³-hybridized carbons (Fsp3) is 0.250. The van der Waals surface area contributed by atoms with E-state index in [1.165, 1.54) is 11.1 Å². The molecule has 0 nitrogen and oxygen atoms in total. The number of benzene rings is 2. The molecule has 0 saturated heterocycles. The van der Waals surface area contributed by atoms with Gasteiger partial charge in [-0.15, -0.1) is 11.6 Å². The number of hydrogen-bond donors (Lipinski definition) is 0. The zero-order chi connectivity index (χ0) is 13.1. The highest BCUT2D eigenvalue weighted by molar-refractivity contribution is 9.10. The summed E-state index contributed by atoms with van der Waals surface area (Å²) in [5, 5.41) is -0.106. The molecule has 2 rings (SSSR count). The third-order valence-corrected chi connectivity index (χ3v) is 4.75. The first-order chi connectivity index (χ1) is 8.63. The van der Waals surface area contributed by atoms with Gasteiger partial charge < -0.3 is 0 Å². The highest BCUT2D eigenvalue weighted by Crippen LogP contribution is 2.35. The van der Waals surface area contributed by atoms with Gasteiger partial charge in [0.2, 0.25) is 0 Å². The molecule has 1 atom stereocenters. The summed E-state index contributed by atoms with van der Waals surface area (Å²) in [6.45, 7) is 4.24. The van der Waals surface area contributed by atoms with Crippen LogP contribution in [0.25, 0.3) is 0 Å². The largest absolute Gasteiger partial charge is 0.113 e. The first-order valence-corrected chi connectivity index (χ1v) is 7.34. The first kappa shape index (κ1) is 13.6. The van der Waals surface area contributed by atoms with Gasteiger partial charge in [-0.2, -0.15) is 0 Å². The van der Waals surface area contributed by atoms with Crippen molar-refractivity contribution in [2.75, 3.05) is 0 Å². The quantitative estimate of drug-likeness (QED) is 0.640. The fourth-order valence-electron chi connectivity index (χ4n) is 1.97. The number of halogens is 2. The van der Waals surface area contributed by atoms with Gasteiger partial charge >= 0.3 is 0 Å². The van der Waals surface area contributed by atoms with Crippen LogP contribution in [0, 0.1) is 6.92 Å². The van der Waals surface area contributed by atoms with E-state index >= 15 is 0 Å². The van der Waals surface area contributed by atoms with E-state index in [2.05, 4.69) is 66.2 Å². The average molecular weight is 324 g/mol. The van der Waals surface area contributed by atoms with Crippen molar-refractivity contribution in [2.24, 2.45) is 0 Å². The van der Waals surface area contributed by atoms with Crippen molar-refractivity contribution in [3.8, 4) is 0 Å². The lowest BCUT2D eigenvalue weighted by Gasteiger charge is -2.14. The second-order valence-electron chi connectivity index (χ2n) is 4.44. The Morgan fingerprint density at radius 3 is 2.39 bits per heavy atom. The molecular formula is C16H16BrCl. The van der Waals surface area contributed by atoms with Crippen LogP contribution in [0.5, 0.6) is 0 Å². The summed E-state index contributed by atoms with van der Waals surface area (Å²) in [5.74, 6) is 0. The van der Waals surface area contributed by atoms with Crippen LogP contribution in [-0.2, 0) is 6.42 Å². The molecule has 0 aliphatic carbocycles. The van der Waals surface area contributed by atoms with Crippen molar-refractivity contribution in [3.63, 3.8) is 0 Å². The van der Waals surface area contributed by atoms with Crippen molar-refractivity contribution < 1.29 is 0 Å². The summed E-state index contributed by atoms with van der Waals surface area (Å²) >= 11 is 10.2. The van der Waals surface area contributed by atoms with Gasteiger partial charge in [0.25, 0.3) is 0 Å². The zero-order valence-corrected chi connectivity index (χ0v) is 12.9. The molecule has 18 heavy (non-hydrogen) atoms. The van der Waals surface area contributed by atoms with E-state index in [1.807, 2.05) is 6.07 Å². The van der Waals surface area contributed by atoms with Crippen LogP contribution in [0.4, 0.5) is 0 Å². The lowest BCUT2D eigenvalue weighted by molar-refractivity contribution is 1.09. The molecule has 0 spiro atoms. The summed E-state index contributed by atoms with van der Waals surface area (Å²) < 4.78 is 1.10. The highest BCUT2D eigenvalue weighted by Gasteiger charge is 2.14. The van der Waals surface area contributed by atoms with Crippen LogP contribution in [0.1, 0.15) is 34.6 Å². The van der Waals surface area contributed by atoms with Crippen LogP contribution in [-0.4, -0.2) is 0 Å². The maximum Gasteiger partial charge on any atom is 0.0846 e. The van der Waals surface area contributed by atoms with Crippen LogP contribution in [0.3, 0.4) is 0 Å². The minimum absolute atomic E-state index is 0.106. The third-order valence-electron chi connectivity index (χ3n) is 3.18. The smallest absolute Gasteiger partial charge is 0.0846 e. The second kappa shape index (κ2) is 5.90. The molecule has 0 fully saturated rings. The minimum Gasteiger partial charge on any atom is -0.113 e. The van der Waals surface area contributed by atoms with Crippen LogP contribution in [0.15, 0.2) is 46.9 Å². The number of alkyl halides is 1. The summed E-state index contributed by atoms with van der Waals surface area (Å²) in [5.41, 5.74) is 4.82. The molecule has 0 aromatic heterocycles. The van der Waals surface area contributed by atoms with E-state index in [9.17, 15) is 0 Å². The van der Waals surface area contributed by atoms with Crippen molar-refractivity contribution in [2.45, 2.75) is 25.6 Å². The zero-order valence-electron chi connectivity index (χ0n) is 10.6. The molecular weight excluding hydrogens is 308 g/mol. The van der Waals surface area contributed by atoms with Crippen LogP contribution < -0.4 is 0 Å². The molecule has 1 unspecified atom stereocenters. The third kappa shape index (κ3) is 2.78. The monoisotopic (exact) mass is 322 g/mol. The molecule has 0 heterocycles. The minimum atomic E-state index is -0.106. The predicted octanol–water partition coefficient (Wildman–Crippen LogP) is 5.65. The van der Waals surface area contributed by atoms with Gasteiger partial charge in [0, 0.05) is 4.47 Å². The Kier molecular flexibility index (Phi) is 4.47. The highest BCUT2D eigenvalue weighted by atomic mass is 79.9. The van der Waals surface area contributed by atoms with Gasteiger partial charge in [-0.1, -0.05) is 65.3 Å². The molecule has 2 aromatic rings. The molecule has 2 aromatic carbocycles. The Hall–Kier alpha value is -0.790. The Labute approximate surface area is 122 Å². The maximum absolute atomic E-state index is 6.57. The van der Waals surface area contributed by atoms with E-state index in [-0.39, 0.29) is 5.38 Å². The molecule has 94 valence electrons. The average Bonchev–Trinajstić information content (AvgIpc) is 2.41. The van der Waals surface area contributed by atoms with E-state index in [0.29, 0.717) is 0 Å². The Morgan fingerprint density at radius 2 is 1.78 bits per heavy atom. The van der Waals surface area contributed by atoms with Crippen LogP contribution >= 0.6 is 27.5 Å². The second-order valence-corrected chi connectivity index (χ2v) is 5.67. The summed E-state index contributed by atoms with van der Waals surface area (Å²) in [6.07, 6.45) is 1.06. The van der Waals surface area contributed by atoms with Crippen molar-refractivity contribution in [3.05, 3.63) is 69.2 Å². The molecule has 0 N–H and O–H groups in total. The Bertz CT molecular complexity index is 531. The Morgan fingerprint density at radius 1 is 1.11 bits per heavy atom. The van der Waals surface area contributed by atoms with Gasteiger partial charge in [0.05, 0.1) is 5.38 Å². The van der Waals surface area contributed by atoms with E-state index in [4.69, 9.17) is 11.6 Å².